The summed E-state index contributed by atoms with van der Waals surface area (Å²) in [6.07, 6.45) is 5.26. The Morgan fingerprint density at radius 1 is 1.09 bits per heavy atom. The van der Waals surface area contributed by atoms with Crippen LogP contribution in [0.2, 0.25) is 0 Å². The van der Waals surface area contributed by atoms with E-state index in [1.807, 2.05) is 36.4 Å². The van der Waals surface area contributed by atoms with Crippen molar-refractivity contribution in [1.82, 2.24) is 9.13 Å². The number of anilines is 1. The minimum absolute atomic E-state index is 0.0977. The number of carbonyl (C=O) groups is 2. The van der Waals surface area contributed by atoms with Gasteiger partial charge in [-0.1, -0.05) is 36.8 Å². The Hall–Kier alpha value is -3.46. The summed E-state index contributed by atoms with van der Waals surface area (Å²) in [5.41, 5.74) is 6.24. The lowest BCUT2D eigenvalue weighted by molar-refractivity contribution is 0.0479. The van der Waals surface area contributed by atoms with Crippen LogP contribution in [0.4, 0.5) is 5.82 Å². The van der Waals surface area contributed by atoms with Gasteiger partial charge in [0.1, 0.15) is 16.3 Å². The molecule has 0 fully saturated rings. The largest absolute Gasteiger partial charge is 0.453 e. The third kappa shape index (κ3) is 4.68. The third-order valence-corrected chi connectivity index (χ3v) is 7.04. The monoisotopic (exact) mass is 467 g/mol. The Morgan fingerprint density at radius 3 is 2.58 bits per heavy atom. The van der Waals surface area contributed by atoms with Gasteiger partial charge in [0.25, 0.3) is 5.56 Å². The molecule has 0 spiro atoms. The first-order valence-corrected chi connectivity index (χ1v) is 11.6. The van der Waals surface area contributed by atoms with Crippen molar-refractivity contribution in [3.63, 3.8) is 0 Å². The molecule has 0 unspecified atom stereocenters. The predicted molar refractivity (Wildman–Crippen MR) is 126 cm³/mol. The number of aromatic nitrogens is 2. The second-order valence-electron chi connectivity index (χ2n) is 8.10. The van der Waals surface area contributed by atoms with Crippen molar-refractivity contribution in [2.75, 3.05) is 12.3 Å². The van der Waals surface area contributed by atoms with Crippen LogP contribution in [0, 0.1) is 0 Å². The van der Waals surface area contributed by atoms with E-state index in [-0.39, 0.29) is 17.9 Å². The minimum atomic E-state index is -0.814. The summed E-state index contributed by atoms with van der Waals surface area (Å²) >= 11 is 1.40. The molecular formula is C24H25N3O5S. The number of nitrogens with zero attached hydrogens (tertiary/aromatic N) is 2. The molecule has 4 rings (SSSR count). The van der Waals surface area contributed by atoms with Crippen LogP contribution in [0.15, 0.2) is 46.0 Å². The number of carbonyl (C=O) groups excluding carboxylic acids is 2. The van der Waals surface area contributed by atoms with Gasteiger partial charge in [0.05, 0.1) is 6.54 Å². The molecule has 9 heteroatoms. The summed E-state index contributed by atoms with van der Waals surface area (Å²) in [6, 6.07) is 10.9. The molecule has 1 aromatic carbocycles. The summed E-state index contributed by atoms with van der Waals surface area (Å²) in [6.45, 7) is -0.537. The molecule has 2 aromatic heterocycles. The maximum absolute atomic E-state index is 12.8. The molecular weight excluding hydrogens is 442 g/mol. The summed E-state index contributed by atoms with van der Waals surface area (Å²) in [5, 5.41) is 0. The van der Waals surface area contributed by atoms with E-state index in [1.54, 1.807) is 0 Å². The molecule has 0 bridgehead atoms. The zero-order valence-electron chi connectivity index (χ0n) is 18.3. The Balaban J connectivity index is 1.55. The van der Waals surface area contributed by atoms with Crippen molar-refractivity contribution >= 4 is 28.9 Å². The maximum Gasteiger partial charge on any atom is 0.348 e. The molecule has 0 amide bonds. The van der Waals surface area contributed by atoms with E-state index in [9.17, 15) is 19.2 Å². The fourth-order valence-corrected chi connectivity index (χ4v) is 5.15. The fourth-order valence-electron chi connectivity index (χ4n) is 4.01. The van der Waals surface area contributed by atoms with Crippen LogP contribution in [0.3, 0.4) is 0 Å². The third-order valence-electron chi connectivity index (χ3n) is 5.83. The zero-order valence-corrected chi connectivity index (χ0v) is 19.2. The smallest absolute Gasteiger partial charge is 0.348 e. The van der Waals surface area contributed by atoms with E-state index in [0.29, 0.717) is 4.88 Å². The van der Waals surface area contributed by atoms with Gasteiger partial charge in [0.2, 0.25) is 5.78 Å². The van der Waals surface area contributed by atoms with Crippen molar-refractivity contribution in [2.45, 2.75) is 38.6 Å². The SMILES string of the molecule is Cn1c(=O)c(C(=O)COC(=O)c2cc3c(s2)CCCCC3)c(N)n(Cc2ccccc2)c1=O. The van der Waals surface area contributed by atoms with E-state index in [1.165, 1.54) is 39.8 Å². The standard InChI is InChI=1S/C24H25N3O5S/c1-26-22(29)20(21(25)27(24(26)31)13-15-8-4-2-5-9-15)17(28)14-32-23(30)19-12-16-10-6-3-7-11-18(16)33-19/h2,4-5,8-9,12H,3,6-7,10-11,13-14,25H2,1H3. The number of nitrogens with two attached hydrogens (primary N) is 1. The van der Waals surface area contributed by atoms with Crippen LogP contribution < -0.4 is 17.0 Å². The molecule has 1 aliphatic rings. The van der Waals surface area contributed by atoms with Gasteiger partial charge < -0.3 is 10.5 Å². The number of rotatable bonds is 6. The number of nitrogen functional groups attached to an aromatic ring is 1. The van der Waals surface area contributed by atoms with Crippen molar-refractivity contribution < 1.29 is 14.3 Å². The fraction of sp³-hybridized carbons (Fsp3) is 0.333. The summed E-state index contributed by atoms with van der Waals surface area (Å²) in [5.74, 6) is -1.59. The number of fused-ring (bicyclic) bond motifs is 1. The molecule has 0 aliphatic heterocycles. The minimum Gasteiger partial charge on any atom is -0.453 e. The van der Waals surface area contributed by atoms with Gasteiger partial charge in [-0.25, -0.2) is 9.59 Å². The highest BCUT2D eigenvalue weighted by Crippen LogP contribution is 2.29. The number of aryl methyl sites for hydroxylation is 2. The summed E-state index contributed by atoms with van der Waals surface area (Å²) < 4.78 is 7.23. The van der Waals surface area contributed by atoms with Crippen molar-refractivity contribution in [1.29, 1.82) is 0 Å². The number of benzene rings is 1. The quantitative estimate of drug-likeness (QED) is 0.339. The molecule has 2 heterocycles. The number of hydrogen-bond donors (Lipinski definition) is 1. The average molecular weight is 468 g/mol. The average Bonchev–Trinajstić information content (AvgIpc) is 3.10. The number of ketones is 1. The van der Waals surface area contributed by atoms with Gasteiger partial charge in [0.15, 0.2) is 6.61 Å². The van der Waals surface area contributed by atoms with Gasteiger partial charge >= 0.3 is 11.7 Å². The normalized spacial score (nSPS) is 13.2. The van der Waals surface area contributed by atoms with Crippen LogP contribution in [-0.4, -0.2) is 27.5 Å². The van der Waals surface area contributed by atoms with Crippen LogP contribution in [-0.2, 0) is 31.2 Å². The van der Waals surface area contributed by atoms with E-state index >= 15 is 0 Å². The first-order chi connectivity index (χ1) is 15.9. The Bertz CT molecular complexity index is 1300. The second kappa shape index (κ2) is 9.58. The molecule has 33 heavy (non-hydrogen) atoms. The van der Waals surface area contributed by atoms with Crippen molar-refractivity contribution in [3.05, 3.63) is 83.7 Å². The highest BCUT2D eigenvalue weighted by molar-refractivity contribution is 7.14. The molecule has 0 atom stereocenters. The van der Waals surface area contributed by atoms with Gasteiger partial charge in [0, 0.05) is 11.9 Å². The number of ether oxygens (including phenoxy) is 1. The lowest BCUT2D eigenvalue weighted by Gasteiger charge is -2.14. The topological polar surface area (TPSA) is 113 Å². The van der Waals surface area contributed by atoms with Crippen molar-refractivity contribution in [2.24, 2.45) is 7.05 Å². The highest BCUT2D eigenvalue weighted by Gasteiger charge is 2.24. The van der Waals surface area contributed by atoms with Gasteiger partial charge in [-0.15, -0.1) is 11.3 Å². The van der Waals surface area contributed by atoms with Gasteiger partial charge in [-0.05, 0) is 42.9 Å². The molecule has 2 N–H and O–H groups in total. The van der Waals surface area contributed by atoms with Crippen LogP contribution in [0.5, 0.6) is 0 Å². The van der Waals surface area contributed by atoms with Crippen molar-refractivity contribution in [3.8, 4) is 0 Å². The number of thiophene rings is 1. The van der Waals surface area contributed by atoms with Gasteiger partial charge in [-0.3, -0.25) is 18.7 Å². The molecule has 0 saturated heterocycles. The zero-order chi connectivity index (χ0) is 23.5. The molecule has 172 valence electrons. The molecule has 0 radical (unpaired) electrons. The van der Waals surface area contributed by atoms with E-state index < -0.39 is 29.6 Å². The van der Waals surface area contributed by atoms with E-state index in [4.69, 9.17) is 10.5 Å². The lowest BCUT2D eigenvalue weighted by atomic mass is 10.1. The number of esters is 1. The van der Waals surface area contributed by atoms with E-state index in [0.717, 1.165) is 35.8 Å². The summed E-state index contributed by atoms with van der Waals surface area (Å²) in [4.78, 5) is 52.3. The Kier molecular flexibility index (Phi) is 6.60. The first kappa shape index (κ1) is 22.7. The molecule has 3 aromatic rings. The Morgan fingerprint density at radius 2 is 1.82 bits per heavy atom. The highest BCUT2D eigenvalue weighted by atomic mass is 32.1. The number of hydrogen-bond acceptors (Lipinski definition) is 7. The molecule has 1 aliphatic carbocycles. The maximum atomic E-state index is 12.8. The van der Waals surface area contributed by atoms with Crippen LogP contribution >= 0.6 is 11.3 Å². The van der Waals surface area contributed by atoms with E-state index in [2.05, 4.69) is 0 Å². The second-order valence-corrected chi connectivity index (χ2v) is 9.23. The Labute approximate surface area is 194 Å². The number of Topliss-reactive ketones (excluding diaryl/α,β-unsaturated/α-hetero) is 1. The molecule has 8 nitrogen and oxygen atoms in total. The summed E-state index contributed by atoms with van der Waals surface area (Å²) in [7, 11) is 1.28. The predicted octanol–water partition coefficient (Wildman–Crippen LogP) is 2.55. The van der Waals surface area contributed by atoms with Crippen LogP contribution in [0.1, 0.15) is 55.3 Å². The van der Waals surface area contributed by atoms with Crippen LogP contribution in [0.25, 0.3) is 0 Å². The van der Waals surface area contributed by atoms with Gasteiger partial charge in [-0.2, -0.15) is 0 Å². The molecule has 0 saturated carbocycles. The first-order valence-electron chi connectivity index (χ1n) is 10.8. The lowest BCUT2D eigenvalue weighted by Crippen LogP contribution is -2.43.